The van der Waals surface area contributed by atoms with Crippen molar-refractivity contribution in [3.05, 3.63) is 42.6 Å². The molecule has 0 spiro atoms. The molecule has 0 aliphatic heterocycles. The van der Waals surface area contributed by atoms with Crippen molar-refractivity contribution in [3.63, 3.8) is 0 Å². The van der Waals surface area contributed by atoms with Gasteiger partial charge in [-0.25, -0.2) is 9.97 Å². The standard InChI is InChI=1S/C14H17N3O/c1-10(2)12(9-18)14-16-7-5-13(17-14)11-4-3-6-15-8-11/h3-8,10,12,18H,9H2,1-2H3. The molecule has 4 nitrogen and oxygen atoms in total. The normalized spacial score (nSPS) is 12.7. The van der Waals surface area contributed by atoms with E-state index in [2.05, 4.69) is 28.8 Å². The molecule has 0 saturated carbocycles. The minimum absolute atomic E-state index is 0.0263. The Morgan fingerprint density at radius 1 is 1.22 bits per heavy atom. The lowest BCUT2D eigenvalue weighted by atomic mass is 9.96. The Morgan fingerprint density at radius 3 is 2.67 bits per heavy atom. The maximum absolute atomic E-state index is 9.42. The zero-order valence-electron chi connectivity index (χ0n) is 10.6. The highest BCUT2D eigenvalue weighted by molar-refractivity contribution is 5.56. The molecular weight excluding hydrogens is 226 g/mol. The molecule has 0 aliphatic rings. The molecule has 0 bridgehead atoms. The summed E-state index contributed by atoms with van der Waals surface area (Å²) in [7, 11) is 0. The van der Waals surface area contributed by atoms with Gasteiger partial charge in [-0.3, -0.25) is 4.98 Å². The number of nitrogens with zero attached hydrogens (tertiary/aromatic N) is 3. The van der Waals surface area contributed by atoms with E-state index in [4.69, 9.17) is 0 Å². The summed E-state index contributed by atoms with van der Waals surface area (Å²) in [5, 5.41) is 9.42. The molecule has 0 aromatic carbocycles. The van der Waals surface area contributed by atoms with Crippen LogP contribution in [0.2, 0.25) is 0 Å². The Labute approximate surface area is 107 Å². The fourth-order valence-corrected chi connectivity index (χ4v) is 1.82. The van der Waals surface area contributed by atoms with E-state index in [1.807, 2.05) is 18.2 Å². The Balaban J connectivity index is 2.36. The molecule has 4 heteroatoms. The summed E-state index contributed by atoms with van der Waals surface area (Å²) in [5.74, 6) is 0.967. The molecule has 0 saturated heterocycles. The van der Waals surface area contributed by atoms with Crippen LogP contribution in [0.25, 0.3) is 11.3 Å². The van der Waals surface area contributed by atoms with Crippen molar-refractivity contribution < 1.29 is 5.11 Å². The summed E-state index contributed by atoms with van der Waals surface area (Å²) in [6.07, 6.45) is 5.24. The van der Waals surface area contributed by atoms with Gasteiger partial charge in [0, 0.05) is 30.1 Å². The van der Waals surface area contributed by atoms with Crippen LogP contribution in [-0.4, -0.2) is 26.7 Å². The van der Waals surface area contributed by atoms with Crippen LogP contribution in [0.3, 0.4) is 0 Å². The molecule has 2 aromatic heterocycles. The smallest absolute Gasteiger partial charge is 0.134 e. The molecule has 0 aliphatic carbocycles. The molecular formula is C14H17N3O. The Hall–Kier alpha value is -1.81. The summed E-state index contributed by atoms with van der Waals surface area (Å²) in [4.78, 5) is 12.9. The number of pyridine rings is 1. The van der Waals surface area contributed by atoms with Crippen LogP contribution in [0.1, 0.15) is 25.6 Å². The van der Waals surface area contributed by atoms with Gasteiger partial charge >= 0.3 is 0 Å². The van der Waals surface area contributed by atoms with E-state index in [0.717, 1.165) is 11.3 Å². The molecule has 0 amide bonds. The summed E-state index contributed by atoms with van der Waals surface area (Å²) in [6, 6.07) is 5.70. The van der Waals surface area contributed by atoms with Crippen molar-refractivity contribution in [1.29, 1.82) is 0 Å². The second kappa shape index (κ2) is 5.69. The highest BCUT2D eigenvalue weighted by atomic mass is 16.3. The highest BCUT2D eigenvalue weighted by Gasteiger charge is 2.18. The van der Waals surface area contributed by atoms with Crippen molar-refractivity contribution in [2.75, 3.05) is 6.61 Å². The first-order valence-corrected chi connectivity index (χ1v) is 6.06. The van der Waals surface area contributed by atoms with Crippen molar-refractivity contribution >= 4 is 0 Å². The molecule has 94 valence electrons. The average molecular weight is 243 g/mol. The Kier molecular flexibility index (Phi) is 3.99. The van der Waals surface area contributed by atoms with Gasteiger partial charge in [-0.1, -0.05) is 13.8 Å². The number of hydrogen-bond donors (Lipinski definition) is 1. The SMILES string of the molecule is CC(C)C(CO)c1nccc(-c2cccnc2)n1. The summed E-state index contributed by atoms with van der Waals surface area (Å²) >= 11 is 0. The van der Waals surface area contributed by atoms with Crippen LogP contribution >= 0.6 is 0 Å². The third kappa shape index (κ3) is 2.71. The third-order valence-corrected chi connectivity index (χ3v) is 2.96. The van der Waals surface area contributed by atoms with Crippen molar-refractivity contribution in [1.82, 2.24) is 15.0 Å². The number of aliphatic hydroxyl groups excluding tert-OH is 1. The lowest BCUT2D eigenvalue weighted by Gasteiger charge is -2.16. The van der Waals surface area contributed by atoms with E-state index in [9.17, 15) is 5.11 Å². The van der Waals surface area contributed by atoms with Gasteiger partial charge < -0.3 is 5.11 Å². The molecule has 1 N–H and O–H groups in total. The first-order valence-electron chi connectivity index (χ1n) is 6.06. The van der Waals surface area contributed by atoms with Crippen molar-refractivity contribution in [2.45, 2.75) is 19.8 Å². The van der Waals surface area contributed by atoms with E-state index < -0.39 is 0 Å². The molecule has 2 rings (SSSR count). The monoisotopic (exact) mass is 243 g/mol. The van der Waals surface area contributed by atoms with Gasteiger partial charge in [0.1, 0.15) is 5.82 Å². The summed E-state index contributed by atoms with van der Waals surface area (Å²) < 4.78 is 0. The largest absolute Gasteiger partial charge is 0.396 e. The van der Waals surface area contributed by atoms with Crippen LogP contribution < -0.4 is 0 Å². The van der Waals surface area contributed by atoms with Crippen molar-refractivity contribution in [2.24, 2.45) is 5.92 Å². The zero-order valence-corrected chi connectivity index (χ0v) is 10.6. The first kappa shape index (κ1) is 12.6. The second-order valence-corrected chi connectivity index (χ2v) is 4.57. The minimum Gasteiger partial charge on any atom is -0.396 e. The van der Waals surface area contributed by atoms with E-state index in [0.29, 0.717) is 11.7 Å². The van der Waals surface area contributed by atoms with Crippen LogP contribution in [0.5, 0.6) is 0 Å². The number of aromatic nitrogens is 3. The van der Waals surface area contributed by atoms with Gasteiger partial charge in [0.15, 0.2) is 0 Å². The number of hydrogen-bond acceptors (Lipinski definition) is 4. The molecule has 0 radical (unpaired) electrons. The van der Waals surface area contributed by atoms with Crippen molar-refractivity contribution in [3.8, 4) is 11.3 Å². The van der Waals surface area contributed by atoms with E-state index in [-0.39, 0.29) is 12.5 Å². The molecule has 1 atom stereocenters. The second-order valence-electron chi connectivity index (χ2n) is 4.57. The van der Waals surface area contributed by atoms with E-state index in [1.165, 1.54) is 0 Å². The molecule has 2 aromatic rings. The quantitative estimate of drug-likeness (QED) is 0.895. The Bertz CT molecular complexity index is 499. The minimum atomic E-state index is -0.0263. The fraction of sp³-hybridized carbons (Fsp3) is 0.357. The number of rotatable bonds is 4. The lowest BCUT2D eigenvalue weighted by Crippen LogP contribution is -2.14. The van der Waals surface area contributed by atoms with Gasteiger partial charge in [0.2, 0.25) is 0 Å². The predicted octanol–water partition coefficient (Wildman–Crippen LogP) is 2.27. The van der Waals surface area contributed by atoms with Crippen LogP contribution in [-0.2, 0) is 0 Å². The van der Waals surface area contributed by atoms with Gasteiger partial charge in [-0.05, 0) is 24.1 Å². The maximum Gasteiger partial charge on any atom is 0.134 e. The zero-order chi connectivity index (χ0) is 13.0. The average Bonchev–Trinajstić information content (AvgIpc) is 2.40. The molecule has 1 unspecified atom stereocenters. The van der Waals surface area contributed by atoms with Crippen LogP contribution in [0.15, 0.2) is 36.8 Å². The molecule has 0 fully saturated rings. The first-order chi connectivity index (χ1) is 8.72. The van der Waals surface area contributed by atoms with Gasteiger partial charge in [0.05, 0.1) is 12.3 Å². The third-order valence-electron chi connectivity index (χ3n) is 2.96. The Morgan fingerprint density at radius 2 is 2.06 bits per heavy atom. The predicted molar refractivity (Wildman–Crippen MR) is 69.9 cm³/mol. The van der Waals surface area contributed by atoms with Crippen LogP contribution in [0.4, 0.5) is 0 Å². The van der Waals surface area contributed by atoms with Gasteiger partial charge in [-0.2, -0.15) is 0 Å². The molecule has 18 heavy (non-hydrogen) atoms. The van der Waals surface area contributed by atoms with E-state index >= 15 is 0 Å². The van der Waals surface area contributed by atoms with E-state index in [1.54, 1.807) is 18.6 Å². The van der Waals surface area contributed by atoms with Gasteiger partial charge in [-0.15, -0.1) is 0 Å². The number of aliphatic hydroxyl groups is 1. The topological polar surface area (TPSA) is 58.9 Å². The highest BCUT2D eigenvalue weighted by Crippen LogP contribution is 2.23. The molecule has 2 heterocycles. The summed E-state index contributed by atoms with van der Waals surface area (Å²) in [5.41, 5.74) is 1.80. The fourth-order valence-electron chi connectivity index (χ4n) is 1.82. The van der Waals surface area contributed by atoms with Crippen LogP contribution in [0, 0.1) is 5.92 Å². The lowest BCUT2D eigenvalue weighted by molar-refractivity contribution is 0.232. The summed E-state index contributed by atoms with van der Waals surface area (Å²) in [6.45, 7) is 4.18. The maximum atomic E-state index is 9.42. The van der Waals surface area contributed by atoms with Gasteiger partial charge in [0.25, 0.3) is 0 Å².